The summed E-state index contributed by atoms with van der Waals surface area (Å²) in [5.74, 6) is 2.13. The maximum atomic E-state index is 4.61. The second-order valence-electron chi connectivity index (χ2n) is 6.26. The van der Waals surface area contributed by atoms with Gasteiger partial charge in [-0.3, -0.25) is 4.68 Å². The van der Waals surface area contributed by atoms with E-state index in [4.69, 9.17) is 0 Å². The summed E-state index contributed by atoms with van der Waals surface area (Å²) < 4.78 is 2.01. The van der Waals surface area contributed by atoms with E-state index in [2.05, 4.69) is 29.6 Å². The fourth-order valence-electron chi connectivity index (χ4n) is 3.65. The molecule has 4 heteroatoms. The van der Waals surface area contributed by atoms with Crippen LogP contribution in [0.3, 0.4) is 0 Å². The molecule has 19 heavy (non-hydrogen) atoms. The summed E-state index contributed by atoms with van der Waals surface area (Å²) in [7, 11) is 2.05. The number of nitrogens with zero attached hydrogens (tertiary/aromatic N) is 2. The van der Waals surface area contributed by atoms with E-state index in [1.807, 2.05) is 11.7 Å². The van der Waals surface area contributed by atoms with Crippen molar-refractivity contribution in [1.82, 2.24) is 9.78 Å². The molecule has 4 nitrogen and oxygen atoms in total. The lowest BCUT2D eigenvalue weighted by Crippen LogP contribution is -2.50. The first kappa shape index (κ1) is 12.8. The van der Waals surface area contributed by atoms with Crippen LogP contribution in [-0.2, 0) is 13.5 Å². The quantitative estimate of drug-likeness (QED) is 0.860. The number of aromatic nitrogens is 2. The highest BCUT2D eigenvalue weighted by Crippen LogP contribution is 2.41. The molecule has 0 unspecified atom stereocenters. The molecular weight excluding hydrogens is 236 g/mol. The van der Waals surface area contributed by atoms with Crippen molar-refractivity contribution in [2.45, 2.75) is 57.9 Å². The minimum absolute atomic E-state index is 0.261. The summed E-state index contributed by atoms with van der Waals surface area (Å²) in [4.78, 5) is 0. The zero-order chi connectivity index (χ0) is 13.5. The van der Waals surface area contributed by atoms with Gasteiger partial charge in [-0.05, 0) is 38.0 Å². The van der Waals surface area contributed by atoms with Gasteiger partial charge in [0.05, 0.1) is 11.2 Å². The topological polar surface area (TPSA) is 41.9 Å². The highest BCUT2D eigenvalue weighted by Gasteiger charge is 2.39. The molecule has 1 aromatic rings. The predicted molar refractivity (Wildman–Crippen MR) is 79.7 cm³/mol. The monoisotopic (exact) mass is 262 g/mol. The number of aryl methyl sites for hydroxylation is 2. The zero-order valence-corrected chi connectivity index (χ0v) is 12.4. The fraction of sp³-hybridized carbons (Fsp3) is 0.800. The van der Waals surface area contributed by atoms with Crippen molar-refractivity contribution in [3.8, 4) is 0 Å². The molecule has 0 radical (unpaired) electrons. The van der Waals surface area contributed by atoms with Gasteiger partial charge in [0.15, 0.2) is 0 Å². The molecule has 1 aliphatic heterocycles. The number of hydrogen-bond acceptors (Lipinski definition) is 3. The third kappa shape index (κ3) is 2.11. The molecule has 1 saturated carbocycles. The van der Waals surface area contributed by atoms with Gasteiger partial charge in [-0.25, -0.2) is 0 Å². The van der Waals surface area contributed by atoms with Crippen LogP contribution < -0.4 is 10.6 Å². The van der Waals surface area contributed by atoms with Gasteiger partial charge in [-0.1, -0.05) is 20.3 Å². The molecule has 2 heterocycles. The van der Waals surface area contributed by atoms with E-state index < -0.39 is 0 Å². The Morgan fingerprint density at radius 2 is 2.05 bits per heavy atom. The Bertz CT molecular complexity index is 455. The van der Waals surface area contributed by atoms with Crippen LogP contribution in [0.2, 0.25) is 0 Å². The van der Waals surface area contributed by atoms with Crippen molar-refractivity contribution in [2.24, 2.45) is 13.0 Å². The maximum absolute atomic E-state index is 4.61. The normalized spacial score (nSPS) is 29.7. The van der Waals surface area contributed by atoms with Crippen molar-refractivity contribution in [3.63, 3.8) is 0 Å². The number of nitrogens with one attached hydrogen (secondary N) is 2. The Morgan fingerprint density at radius 1 is 1.32 bits per heavy atom. The minimum Gasteiger partial charge on any atom is -0.378 e. The van der Waals surface area contributed by atoms with Gasteiger partial charge < -0.3 is 10.6 Å². The highest BCUT2D eigenvalue weighted by molar-refractivity contribution is 5.71. The van der Waals surface area contributed by atoms with E-state index in [-0.39, 0.29) is 5.54 Å². The first-order valence-electron chi connectivity index (χ1n) is 7.75. The molecule has 1 aliphatic carbocycles. The second kappa shape index (κ2) is 4.73. The Hall–Kier alpha value is -1.19. The number of rotatable bonds is 2. The summed E-state index contributed by atoms with van der Waals surface area (Å²) in [6.45, 7) is 5.54. The Kier molecular flexibility index (Phi) is 3.19. The van der Waals surface area contributed by atoms with Gasteiger partial charge in [-0.15, -0.1) is 0 Å². The van der Waals surface area contributed by atoms with E-state index >= 15 is 0 Å². The SMILES string of the molecule is CCc1nn(C)c2c1NCC1(CCC(CC)CC1)N2. The summed E-state index contributed by atoms with van der Waals surface area (Å²) in [6.07, 6.45) is 7.61. The fourth-order valence-corrected chi connectivity index (χ4v) is 3.65. The van der Waals surface area contributed by atoms with E-state index in [1.54, 1.807) is 0 Å². The van der Waals surface area contributed by atoms with Crippen LogP contribution in [0.4, 0.5) is 11.5 Å². The molecule has 2 N–H and O–H groups in total. The smallest absolute Gasteiger partial charge is 0.148 e. The summed E-state index contributed by atoms with van der Waals surface area (Å²) in [5, 5.41) is 12.1. The van der Waals surface area contributed by atoms with Crippen LogP contribution in [0, 0.1) is 5.92 Å². The molecular formula is C15H26N4. The Labute approximate surface area is 116 Å². The van der Waals surface area contributed by atoms with E-state index in [0.717, 1.165) is 18.9 Å². The first-order valence-corrected chi connectivity index (χ1v) is 7.75. The number of hydrogen-bond donors (Lipinski definition) is 2. The average molecular weight is 262 g/mol. The van der Waals surface area contributed by atoms with Crippen molar-refractivity contribution in [3.05, 3.63) is 5.69 Å². The van der Waals surface area contributed by atoms with Crippen LogP contribution in [0.25, 0.3) is 0 Å². The summed E-state index contributed by atoms with van der Waals surface area (Å²) in [6, 6.07) is 0. The summed E-state index contributed by atoms with van der Waals surface area (Å²) >= 11 is 0. The molecule has 0 amide bonds. The van der Waals surface area contributed by atoms with Crippen LogP contribution in [0.5, 0.6) is 0 Å². The molecule has 1 fully saturated rings. The van der Waals surface area contributed by atoms with Crippen LogP contribution in [0.15, 0.2) is 0 Å². The second-order valence-corrected chi connectivity index (χ2v) is 6.26. The average Bonchev–Trinajstić information content (AvgIpc) is 2.76. The van der Waals surface area contributed by atoms with Gasteiger partial charge in [-0.2, -0.15) is 5.10 Å². The maximum Gasteiger partial charge on any atom is 0.148 e. The van der Waals surface area contributed by atoms with Crippen LogP contribution in [0.1, 0.15) is 51.6 Å². The molecule has 0 bridgehead atoms. The highest BCUT2D eigenvalue weighted by atomic mass is 15.4. The Morgan fingerprint density at radius 3 is 2.68 bits per heavy atom. The lowest BCUT2D eigenvalue weighted by atomic mass is 9.75. The van der Waals surface area contributed by atoms with Gasteiger partial charge in [0.2, 0.25) is 0 Å². The molecule has 2 aliphatic rings. The number of anilines is 2. The predicted octanol–water partition coefficient (Wildman–Crippen LogP) is 3.16. The van der Waals surface area contributed by atoms with Gasteiger partial charge in [0, 0.05) is 13.6 Å². The van der Waals surface area contributed by atoms with Crippen LogP contribution in [-0.4, -0.2) is 21.9 Å². The lowest BCUT2D eigenvalue weighted by molar-refractivity contribution is 0.254. The van der Waals surface area contributed by atoms with E-state index in [1.165, 1.54) is 49.3 Å². The molecule has 106 valence electrons. The number of fused-ring (bicyclic) bond motifs is 1. The molecule has 3 rings (SSSR count). The lowest BCUT2D eigenvalue weighted by Gasteiger charge is -2.44. The first-order chi connectivity index (χ1) is 9.17. The third-order valence-corrected chi connectivity index (χ3v) is 5.08. The standard InChI is InChI=1S/C15H26N4/c1-4-11-6-8-15(9-7-11)10-16-13-12(5-2)18-19(3)14(13)17-15/h11,16-17H,4-10H2,1-3H3. The van der Waals surface area contributed by atoms with Crippen molar-refractivity contribution in [2.75, 3.05) is 17.2 Å². The van der Waals surface area contributed by atoms with Crippen molar-refractivity contribution < 1.29 is 0 Å². The van der Waals surface area contributed by atoms with Crippen molar-refractivity contribution in [1.29, 1.82) is 0 Å². The molecule has 0 saturated heterocycles. The molecule has 0 atom stereocenters. The van der Waals surface area contributed by atoms with Gasteiger partial charge in [0.25, 0.3) is 0 Å². The molecule has 1 spiro atoms. The van der Waals surface area contributed by atoms with Crippen LogP contribution >= 0.6 is 0 Å². The largest absolute Gasteiger partial charge is 0.378 e. The minimum atomic E-state index is 0.261. The molecule has 1 aromatic heterocycles. The third-order valence-electron chi connectivity index (χ3n) is 5.08. The van der Waals surface area contributed by atoms with E-state index in [0.29, 0.717) is 0 Å². The van der Waals surface area contributed by atoms with Crippen molar-refractivity contribution >= 4 is 11.5 Å². The van der Waals surface area contributed by atoms with Gasteiger partial charge >= 0.3 is 0 Å². The van der Waals surface area contributed by atoms with E-state index in [9.17, 15) is 0 Å². The summed E-state index contributed by atoms with van der Waals surface area (Å²) in [5.41, 5.74) is 2.67. The zero-order valence-electron chi connectivity index (χ0n) is 12.4. The van der Waals surface area contributed by atoms with Gasteiger partial charge in [0.1, 0.15) is 11.5 Å². The molecule has 0 aromatic carbocycles. The Balaban J connectivity index is 1.81.